The van der Waals surface area contributed by atoms with Gasteiger partial charge in [0, 0.05) is 12.5 Å². The van der Waals surface area contributed by atoms with Crippen LogP contribution in [0.5, 0.6) is 0 Å². The van der Waals surface area contributed by atoms with Gasteiger partial charge < -0.3 is 10.3 Å². The highest BCUT2D eigenvalue weighted by Gasteiger charge is 2.24. The number of H-pyrrole nitrogens is 1. The minimum absolute atomic E-state index is 0.226. The summed E-state index contributed by atoms with van der Waals surface area (Å²) in [5.74, 6) is 0.504. The zero-order valence-electron chi connectivity index (χ0n) is 10.3. The zero-order chi connectivity index (χ0) is 12.4. The number of nitrogens with zero attached hydrogens (tertiary/aromatic N) is 1. The molecule has 1 fully saturated rings. The maximum absolute atomic E-state index is 11.7. The SMILES string of the molecule is O=C(NCCc1ccc2nc[nH]c2c1)C1CCC1. The van der Waals surface area contributed by atoms with E-state index in [0.717, 1.165) is 36.8 Å². The number of aromatic amines is 1. The number of nitrogens with one attached hydrogen (secondary N) is 2. The molecule has 0 atom stereocenters. The van der Waals surface area contributed by atoms with Crippen molar-refractivity contribution in [2.45, 2.75) is 25.7 Å². The Hall–Kier alpha value is -1.84. The van der Waals surface area contributed by atoms with Crippen LogP contribution in [-0.4, -0.2) is 22.4 Å². The normalized spacial score (nSPS) is 15.6. The van der Waals surface area contributed by atoms with Gasteiger partial charge in [0.05, 0.1) is 17.4 Å². The average Bonchev–Trinajstić information content (AvgIpc) is 2.73. The van der Waals surface area contributed by atoms with E-state index in [1.807, 2.05) is 6.07 Å². The highest BCUT2D eigenvalue weighted by molar-refractivity contribution is 5.79. The molecular weight excluding hydrogens is 226 g/mol. The molecule has 1 aromatic carbocycles. The minimum atomic E-state index is 0.226. The highest BCUT2D eigenvalue weighted by atomic mass is 16.1. The van der Waals surface area contributed by atoms with Crippen LogP contribution in [0.2, 0.25) is 0 Å². The van der Waals surface area contributed by atoms with Gasteiger partial charge in [-0.05, 0) is 37.0 Å². The van der Waals surface area contributed by atoms with E-state index in [-0.39, 0.29) is 11.8 Å². The molecule has 1 heterocycles. The lowest BCUT2D eigenvalue weighted by Gasteiger charge is -2.23. The molecule has 1 saturated carbocycles. The van der Waals surface area contributed by atoms with E-state index < -0.39 is 0 Å². The first-order chi connectivity index (χ1) is 8.83. The Bertz CT molecular complexity index is 557. The second-order valence-corrected chi connectivity index (χ2v) is 4.92. The number of imidazole rings is 1. The van der Waals surface area contributed by atoms with Crippen LogP contribution < -0.4 is 5.32 Å². The molecule has 1 aliphatic carbocycles. The van der Waals surface area contributed by atoms with Gasteiger partial charge in [0.2, 0.25) is 5.91 Å². The first kappa shape index (κ1) is 11.3. The molecule has 2 aromatic rings. The third-order valence-electron chi connectivity index (χ3n) is 3.67. The van der Waals surface area contributed by atoms with Gasteiger partial charge in [-0.2, -0.15) is 0 Å². The van der Waals surface area contributed by atoms with E-state index in [1.54, 1.807) is 6.33 Å². The van der Waals surface area contributed by atoms with Crippen molar-refractivity contribution in [1.29, 1.82) is 0 Å². The molecular formula is C14H17N3O. The van der Waals surface area contributed by atoms with Crippen molar-refractivity contribution in [2.24, 2.45) is 5.92 Å². The topological polar surface area (TPSA) is 57.8 Å². The standard InChI is InChI=1S/C14H17N3O/c18-14(11-2-1-3-11)15-7-6-10-4-5-12-13(8-10)17-9-16-12/h4-5,8-9,11H,1-3,6-7H2,(H,15,18)(H,16,17). The Kier molecular flexibility index (Phi) is 3.00. The molecule has 3 rings (SSSR count). The molecule has 0 unspecified atom stereocenters. The maximum atomic E-state index is 11.7. The molecule has 4 nitrogen and oxygen atoms in total. The van der Waals surface area contributed by atoms with Crippen molar-refractivity contribution in [2.75, 3.05) is 6.54 Å². The highest BCUT2D eigenvalue weighted by Crippen LogP contribution is 2.26. The molecule has 2 N–H and O–H groups in total. The number of rotatable bonds is 4. The number of aromatic nitrogens is 2. The van der Waals surface area contributed by atoms with Crippen molar-refractivity contribution in [3.8, 4) is 0 Å². The number of carbonyl (C=O) groups excluding carboxylic acids is 1. The predicted octanol–water partition coefficient (Wildman–Crippen LogP) is 2.02. The van der Waals surface area contributed by atoms with Gasteiger partial charge in [-0.25, -0.2) is 4.98 Å². The lowest BCUT2D eigenvalue weighted by molar-refractivity contribution is -0.127. The van der Waals surface area contributed by atoms with Gasteiger partial charge >= 0.3 is 0 Å². The average molecular weight is 243 g/mol. The van der Waals surface area contributed by atoms with Gasteiger partial charge in [-0.3, -0.25) is 4.79 Å². The van der Waals surface area contributed by atoms with Crippen molar-refractivity contribution in [1.82, 2.24) is 15.3 Å². The van der Waals surface area contributed by atoms with E-state index in [9.17, 15) is 4.79 Å². The Morgan fingerprint density at radius 2 is 2.33 bits per heavy atom. The molecule has 4 heteroatoms. The first-order valence-electron chi connectivity index (χ1n) is 6.52. The van der Waals surface area contributed by atoms with Crippen LogP contribution in [0.15, 0.2) is 24.5 Å². The fourth-order valence-electron chi connectivity index (χ4n) is 2.28. The minimum Gasteiger partial charge on any atom is -0.356 e. The number of carbonyl (C=O) groups is 1. The second-order valence-electron chi connectivity index (χ2n) is 4.92. The number of hydrogen-bond acceptors (Lipinski definition) is 2. The molecule has 1 amide bonds. The summed E-state index contributed by atoms with van der Waals surface area (Å²) in [5.41, 5.74) is 3.26. The van der Waals surface area contributed by atoms with Crippen molar-refractivity contribution in [3.05, 3.63) is 30.1 Å². The fraction of sp³-hybridized carbons (Fsp3) is 0.429. The fourth-order valence-corrected chi connectivity index (χ4v) is 2.28. The van der Waals surface area contributed by atoms with Gasteiger partial charge in [0.15, 0.2) is 0 Å². The second kappa shape index (κ2) is 4.80. The summed E-state index contributed by atoms with van der Waals surface area (Å²) in [6, 6.07) is 6.17. The van der Waals surface area contributed by atoms with Gasteiger partial charge in [0.1, 0.15) is 0 Å². The smallest absolute Gasteiger partial charge is 0.223 e. The summed E-state index contributed by atoms with van der Waals surface area (Å²) in [5, 5.41) is 3.01. The van der Waals surface area contributed by atoms with Crippen LogP contribution >= 0.6 is 0 Å². The molecule has 1 aromatic heterocycles. The summed E-state index contributed by atoms with van der Waals surface area (Å²) in [6.45, 7) is 0.717. The van der Waals surface area contributed by atoms with Crippen molar-refractivity contribution in [3.63, 3.8) is 0 Å². The molecule has 0 radical (unpaired) electrons. The number of hydrogen-bond donors (Lipinski definition) is 2. The van der Waals surface area contributed by atoms with Crippen LogP contribution in [0.1, 0.15) is 24.8 Å². The third-order valence-corrected chi connectivity index (χ3v) is 3.67. The van der Waals surface area contributed by atoms with E-state index in [4.69, 9.17) is 0 Å². The quantitative estimate of drug-likeness (QED) is 0.863. The van der Waals surface area contributed by atoms with Crippen LogP contribution in [0.25, 0.3) is 11.0 Å². The van der Waals surface area contributed by atoms with E-state index in [2.05, 4.69) is 27.4 Å². The molecule has 18 heavy (non-hydrogen) atoms. The van der Waals surface area contributed by atoms with Gasteiger partial charge in [0.25, 0.3) is 0 Å². The first-order valence-corrected chi connectivity index (χ1v) is 6.52. The Morgan fingerprint density at radius 3 is 3.11 bits per heavy atom. The number of fused-ring (bicyclic) bond motifs is 1. The van der Waals surface area contributed by atoms with Crippen LogP contribution in [0.3, 0.4) is 0 Å². The van der Waals surface area contributed by atoms with E-state index in [1.165, 1.54) is 12.0 Å². The zero-order valence-corrected chi connectivity index (χ0v) is 10.3. The predicted molar refractivity (Wildman–Crippen MR) is 70.1 cm³/mol. The number of benzene rings is 1. The lowest BCUT2D eigenvalue weighted by atomic mass is 9.85. The summed E-state index contributed by atoms with van der Waals surface area (Å²) >= 11 is 0. The Labute approximate surface area is 106 Å². The maximum Gasteiger partial charge on any atom is 0.223 e. The third kappa shape index (κ3) is 2.23. The molecule has 0 spiro atoms. The summed E-state index contributed by atoms with van der Waals surface area (Å²) in [7, 11) is 0. The summed E-state index contributed by atoms with van der Waals surface area (Å²) in [4.78, 5) is 18.9. The van der Waals surface area contributed by atoms with Crippen molar-refractivity contribution < 1.29 is 4.79 Å². The van der Waals surface area contributed by atoms with E-state index >= 15 is 0 Å². The van der Waals surface area contributed by atoms with Gasteiger partial charge in [-0.1, -0.05) is 12.5 Å². The Balaban J connectivity index is 1.54. The van der Waals surface area contributed by atoms with Gasteiger partial charge in [-0.15, -0.1) is 0 Å². The van der Waals surface area contributed by atoms with Crippen LogP contribution in [0.4, 0.5) is 0 Å². The van der Waals surface area contributed by atoms with E-state index in [0.29, 0.717) is 0 Å². The largest absolute Gasteiger partial charge is 0.356 e. The molecule has 0 saturated heterocycles. The molecule has 94 valence electrons. The number of amides is 1. The molecule has 1 aliphatic rings. The Morgan fingerprint density at radius 1 is 1.44 bits per heavy atom. The monoisotopic (exact) mass is 243 g/mol. The summed E-state index contributed by atoms with van der Waals surface area (Å²) < 4.78 is 0. The van der Waals surface area contributed by atoms with Crippen LogP contribution in [0, 0.1) is 5.92 Å². The lowest BCUT2D eigenvalue weighted by Crippen LogP contribution is -2.35. The molecule has 0 bridgehead atoms. The van der Waals surface area contributed by atoms with Crippen molar-refractivity contribution >= 4 is 16.9 Å². The summed E-state index contributed by atoms with van der Waals surface area (Å²) in [6.07, 6.45) is 5.90. The van der Waals surface area contributed by atoms with Crippen LogP contribution in [-0.2, 0) is 11.2 Å². The molecule has 0 aliphatic heterocycles.